The minimum absolute atomic E-state index is 0.0158. The van der Waals surface area contributed by atoms with E-state index in [0.717, 1.165) is 12.8 Å². The number of carbonyl (C=O) groups is 1. The summed E-state index contributed by atoms with van der Waals surface area (Å²) in [5.41, 5.74) is 0. The van der Waals surface area contributed by atoms with Crippen LogP contribution in [0.4, 0.5) is 13.2 Å². The molecule has 1 fully saturated rings. The van der Waals surface area contributed by atoms with E-state index in [4.69, 9.17) is 0 Å². The first-order chi connectivity index (χ1) is 7.49. The fraction of sp³-hybridized carbons (Fsp3) is 0.900. The molecule has 0 aromatic rings. The Bertz CT molecular complexity index is 231. The highest BCUT2D eigenvalue weighted by molar-refractivity contribution is 5.79. The van der Waals surface area contributed by atoms with Crippen LogP contribution < -0.4 is 5.32 Å². The number of alkyl halides is 3. The SMILES string of the molecule is O=C1NCCCC1CCCOCC(F)(F)F. The molecule has 1 N–H and O–H groups in total. The van der Waals surface area contributed by atoms with Crippen molar-refractivity contribution < 1.29 is 22.7 Å². The molecule has 1 unspecified atom stereocenters. The fourth-order valence-electron chi connectivity index (χ4n) is 1.73. The summed E-state index contributed by atoms with van der Waals surface area (Å²) in [7, 11) is 0. The summed E-state index contributed by atoms with van der Waals surface area (Å²) >= 11 is 0. The third-order valence-corrected chi connectivity index (χ3v) is 2.51. The van der Waals surface area contributed by atoms with Gasteiger partial charge >= 0.3 is 6.18 Å². The molecule has 0 aliphatic carbocycles. The van der Waals surface area contributed by atoms with Gasteiger partial charge in [0.25, 0.3) is 0 Å². The van der Waals surface area contributed by atoms with Crippen molar-refractivity contribution in [2.75, 3.05) is 19.8 Å². The van der Waals surface area contributed by atoms with E-state index in [9.17, 15) is 18.0 Å². The van der Waals surface area contributed by atoms with E-state index in [0.29, 0.717) is 19.4 Å². The predicted molar refractivity (Wildman–Crippen MR) is 51.8 cm³/mol. The zero-order valence-corrected chi connectivity index (χ0v) is 8.98. The Kier molecular flexibility index (Phi) is 5.05. The first kappa shape index (κ1) is 13.3. The molecule has 3 nitrogen and oxygen atoms in total. The van der Waals surface area contributed by atoms with Crippen LogP contribution in [0.25, 0.3) is 0 Å². The van der Waals surface area contributed by atoms with Crippen LogP contribution in [0, 0.1) is 5.92 Å². The van der Waals surface area contributed by atoms with Gasteiger partial charge in [-0.15, -0.1) is 0 Å². The summed E-state index contributed by atoms with van der Waals surface area (Å²) in [6.45, 7) is -0.437. The van der Waals surface area contributed by atoms with E-state index < -0.39 is 12.8 Å². The smallest absolute Gasteiger partial charge is 0.372 e. The average Bonchev–Trinajstić information content (AvgIpc) is 2.18. The summed E-state index contributed by atoms with van der Waals surface area (Å²) in [6.07, 6.45) is -1.40. The molecule has 1 aliphatic heterocycles. The molecule has 94 valence electrons. The number of hydrogen-bond donors (Lipinski definition) is 1. The quantitative estimate of drug-likeness (QED) is 0.744. The number of hydrogen-bond acceptors (Lipinski definition) is 2. The van der Waals surface area contributed by atoms with Crippen molar-refractivity contribution in [3.05, 3.63) is 0 Å². The van der Waals surface area contributed by atoms with Gasteiger partial charge in [-0.25, -0.2) is 0 Å². The Balaban J connectivity index is 2.04. The highest BCUT2D eigenvalue weighted by Gasteiger charge is 2.27. The normalized spacial score (nSPS) is 21.9. The first-order valence-corrected chi connectivity index (χ1v) is 5.41. The van der Waals surface area contributed by atoms with E-state index in [2.05, 4.69) is 10.1 Å². The Hall–Kier alpha value is -0.780. The zero-order valence-electron chi connectivity index (χ0n) is 8.98. The van der Waals surface area contributed by atoms with Gasteiger partial charge in [-0.1, -0.05) is 0 Å². The Labute approximate surface area is 92.3 Å². The second-order valence-electron chi connectivity index (χ2n) is 3.94. The van der Waals surface area contributed by atoms with Crippen LogP contribution in [0.2, 0.25) is 0 Å². The molecular formula is C10H16F3NO2. The van der Waals surface area contributed by atoms with Gasteiger partial charge in [0, 0.05) is 19.1 Å². The number of nitrogens with one attached hydrogen (secondary N) is 1. The molecule has 0 spiro atoms. The van der Waals surface area contributed by atoms with Crippen LogP contribution in [0.15, 0.2) is 0 Å². The summed E-state index contributed by atoms with van der Waals surface area (Å²) in [5, 5.41) is 2.74. The average molecular weight is 239 g/mol. The fourth-order valence-corrected chi connectivity index (χ4v) is 1.73. The Morgan fingerprint density at radius 1 is 1.44 bits per heavy atom. The third kappa shape index (κ3) is 5.34. The van der Waals surface area contributed by atoms with Gasteiger partial charge in [0.05, 0.1) is 0 Å². The van der Waals surface area contributed by atoms with Crippen molar-refractivity contribution in [2.24, 2.45) is 5.92 Å². The summed E-state index contributed by atoms with van der Waals surface area (Å²) < 4.78 is 39.6. The van der Waals surface area contributed by atoms with Crippen LogP contribution in [0.1, 0.15) is 25.7 Å². The summed E-state index contributed by atoms with van der Waals surface area (Å²) in [5.74, 6) is -0.0368. The Morgan fingerprint density at radius 3 is 2.81 bits per heavy atom. The largest absolute Gasteiger partial charge is 0.411 e. The third-order valence-electron chi connectivity index (χ3n) is 2.51. The molecule has 16 heavy (non-hydrogen) atoms. The van der Waals surface area contributed by atoms with Crippen LogP contribution >= 0.6 is 0 Å². The predicted octanol–water partition coefficient (Wildman–Crippen LogP) is 1.87. The second kappa shape index (κ2) is 6.08. The highest BCUT2D eigenvalue weighted by atomic mass is 19.4. The topological polar surface area (TPSA) is 38.3 Å². The number of halogens is 3. The van der Waals surface area contributed by atoms with E-state index in [1.165, 1.54) is 0 Å². The van der Waals surface area contributed by atoms with Gasteiger partial charge in [0.15, 0.2) is 0 Å². The molecular weight excluding hydrogens is 223 g/mol. The van der Waals surface area contributed by atoms with Crippen molar-refractivity contribution in [3.63, 3.8) is 0 Å². The van der Waals surface area contributed by atoms with Gasteiger partial charge in [0.1, 0.15) is 6.61 Å². The van der Waals surface area contributed by atoms with Gasteiger partial charge in [-0.05, 0) is 25.7 Å². The lowest BCUT2D eigenvalue weighted by Crippen LogP contribution is -2.36. The number of ether oxygens (including phenoxy) is 1. The van der Waals surface area contributed by atoms with Crippen LogP contribution in [0.3, 0.4) is 0 Å². The molecule has 1 aliphatic rings. The molecule has 0 radical (unpaired) electrons. The number of piperidine rings is 1. The van der Waals surface area contributed by atoms with Crippen molar-refractivity contribution in [3.8, 4) is 0 Å². The summed E-state index contributed by atoms with van der Waals surface area (Å²) in [4.78, 5) is 11.3. The molecule has 1 saturated heterocycles. The number of carbonyl (C=O) groups excluding carboxylic acids is 1. The number of rotatable bonds is 5. The lowest BCUT2D eigenvalue weighted by atomic mass is 9.94. The lowest BCUT2D eigenvalue weighted by molar-refractivity contribution is -0.174. The summed E-state index contributed by atoms with van der Waals surface area (Å²) in [6, 6.07) is 0. The van der Waals surface area contributed by atoms with Crippen molar-refractivity contribution in [1.29, 1.82) is 0 Å². The maximum Gasteiger partial charge on any atom is 0.411 e. The minimum Gasteiger partial charge on any atom is -0.372 e. The van der Waals surface area contributed by atoms with Gasteiger partial charge in [0.2, 0.25) is 5.91 Å². The van der Waals surface area contributed by atoms with Gasteiger partial charge in [-0.3, -0.25) is 4.79 Å². The van der Waals surface area contributed by atoms with Crippen molar-refractivity contribution in [2.45, 2.75) is 31.9 Å². The number of amides is 1. The maximum atomic E-state index is 11.7. The van der Waals surface area contributed by atoms with Crippen LogP contribution in [-0.4, -0.2) is 31.8 Å². The van der Waals surface area contributed by atoms with Gasteiger partial charge < -0.3 is 10.1 Å². The minimum atomic E-state index is -4.26. The van der Waals surface area contributed by atoms with Crippen LogP contribution in [-0.2, 0) is 9.53 Å². The van der Waals surface area contributed by atoms with Crippen molar-refractivity contribution >= 4 is 5.91 Å². The van der Waals surface area contributed by atoms with Gasteiger partial charge in [-0.2, -0.15) is 13.2 Å². The second-order valence-corrected chi connectivity index (χ2v) is 3.94. The van der Waals surface area contributed by atoms with Crippen LogP contribution in [0.5, 0.6) is 0 Å². The molecule has 0 aromatic heterocycles. The molecule has 1 amide bonds. The molecule has 1 heterocycles. The lowest BCUT2D eigenvalue weighted by Gasteiger charge is -2.21. The maximum absolute atomic E-state index is 11.7. The first-order valence-electron chi connectivity index (χ1n) is 5.41. The highest BCUT2D eigenvalue weighted by Crippen LogP contribution is 2.18. The molecule has 6 heteroatoms. The van der Waals surface area contributed by atoms with Crippen molar-refractivity contribution in [1.82, 2.24) is 5.32 Å². The van der Waals surface area contributed by atoms with E-state index >= 15 is 0 Å². The molecule has 1 atom stereocenters. The van der Waals surface area contributed by atoms with E-state index in [1.54, 1.807) is 0 Å². The Morgan fingerprint density at radius 2 is 2.19 bits per heavy atom. The standard InChI is InChI=1S/C10H16F3NO2/c11-10(12,13)7-16-6-2-4-8-3-1-5-14-9(8)15/h8H,1-7H2,(H,14,15). The molecule has 0 bridgehead atoms. The zero-order chi connectivity index (χ0) is 12.0. The molecule has 0 saturated carbocycles. The van der Waals surface area contributed by atoms with E-state index in [1.807, 2.05) is 0 Å². The van der Waals surface area contributed by atoms with E-state index in [-0.39, 0.29) is 18.4 Å². The monoisotopic (exact) mass is 239 g/mol. The molecule has 0 aromatic carbocycles. The molecule has 1 rings (SSSR count).